The van der Waals surface area contributed by atoms with Crippen molar-refractivity contribution in [2.24, 2.45) is 0 Å². The zero-order valence-electron chi connectivity index (χ0n) is 14.1. The highest BCUT2D eigenvalue weighted by molar-refractivity contribution is 8.03. The van der Waals surface area contributed by atoms with Gasteiger partial charge in [-0.2, -0.15) is 0 Å². The van der Waals surface area contributed by atoms with Crippen molar-refractivity contribution in [2.75, 3.05) is 19.5 Å². The van der Waals surface area contributed by atoms with Crippen LogP contribution in [0.4, 0.5) is 0 Å². The first-order valence-electron chi connectivity index (χ1n) is 8.26. The number of aryl methyl sites for hydroxylation is 1. The van der Waals surface area contributed by atoms with Crippen LogP contribution in [0.3, 0.4) is 0 Å². The van der Waals surface area contributed by atoms with Crippen LogP contribution in [0, 0.1) is 0 Å². The Labute approximate surface area is 131 Å². The minimum atomic E-state index is -2.26. The number of thiol groups is 1. The second-order valence-electron chi connectivity index (χ2n) is 6.01. The topological polar surface area (TPSA) is 26.3 Å². The van der Waals surface area contributed by atoms with Crippen LogP contribution in [0.5, 0.6) is 0 Å². The molecule has 122 valence electrons. The van der Waals surface area contributed by atoms with Crippen LogP contribution in [0.1, 0.15) is 52.0 Å². The van der Waals surface area contributed by atoms with Gasteiger partial charge in [-0.05, 0) is 49.6 Å². The van der Waals surface area contributed by atoms with E-state index in [1.807, 2.05) is 18.4 Å². The Hall–Kier alpha value is -0.670. The van der Waals surface area contributed by atoms with E-state index < -0.39 is 9.93 Å². The van der Waals surface area contributed by atoms with Gasteiger partial charge in [-0.3, -0.25) is 4.21 Å². The number of hydrogen-bond acceptors (Lipinski definition) is 2. The quantitative estimate of drug-likeness (QED) is 0.516. The number of ether oxygens (including phenoxy) is 1. The van der Waals surface area contributed by atoms with Gasteiger partial charge in [0.05, 0.1) is 0 Å². The molecule has 0 radical (unpaired) electrons. The maximum absolute atomic E-state index is 13.0. The van der Waals surface area contributed by atoms with Gasteiger partial charge < -0.3 is 4.74 Å². The van der Waals surface area contributed by atoms with Crippen molar-refractivity contribution in [1.82, 2.24) is 0 Å². The summed E-state index contributed by atoms with van der Waals surface area (Å²) in [5.74, 6) is 0. The lowest BCUT2D eigenvalue weighted by atomic mass is 10.1. The van der Waals surface area contributed by atoms with Crippen LogP contribution in [-0.4, -0.2) is 28.9 Å². The smallest absolute Gasteiger partial charge is 0.0469 e. The van der Waals surface area contributed by atoms with E-state index in [-0.39, 0.29) is 5.25 Å². The van der Waals surface area contributed by atoms with Crippen LogP contribution in [0.15, 0.2) is 29.2 Å². The summed E-state index contributed by atoms with van der Waals surface area (Å²) in [4.78, 5) is 1.04. The third kappa shape index (κ3) is 5.91. The van der Waals surface area contributed by atoms with Gasteiger partial charge in [-0.25, -0.2) is 0 Å². The van der Waals surface area contributed by atoms with Gasteiger partial charge in [0.15, 0.2) is 0 Å². The SMILES string of the molecule is CCCOCCCc1cccc([SH](C)(=O)C(C)CCC)c1. The summed E-state index contributed by atoms with van der Waals surface area (Å²) in [6, 6.07) is 8.36. The van der Waals surface area contributed by atoms with E-state index in [0.717, 1.165) is 50.2 Å². The Bertz CT molecular complexity index is 456. The van der Waals surface area contributed by atoms with Crippen LogP contribution in [0.25, 0.3) is 0 Å². The normalized spacial score (nSPS) is 14.1. The average molecular weight is 313 g/mol. The fourth-order valence-corrected chi connectivity index (χ4v) is 4.60. The maximum Gasteiger partial charge on any atom is 0.0469 e. The zero-order valence-corrected chi connectivity index (χ0v) is 15.0. The summed E-state index contributed by atoms with van der Waals surface area (Å²) in [5.41, 5.74) is 1.28. The molecule has 2 nitrogen and oxygen atoms in total. The maximum atomic E-state index is 13.0. The molecule has 0 amide bonds. The summed E-state index contributed by atoms with van der Waals surface area (Å²) in [5, 5.41) is 0.269. The molecule has 21 heavy (non-hydrogen) atoms. The fraction of sp³-hybridized carbons (Fsp3) is 0.667. The Balaban J connectivity index is 2.65. The van der Waals surface area contributed by atoms with E-state index in [2.05, 4.69) is 32.9 Å². The molecule has 0 saturated heterocycles. The Morgan fingerprint density at radius 3 is 2.62 bits per heavy atom. The molecular formula is C18H32O2S. The standard InChI is InChI=1S/C18H32O2S/c1-5-9-16(3)21(4,19)18-12-7-10-17(15-18)11-8-14-20-13-6-2/h7,10,12,15-16,21H,5-6,8-9,11,13-14H2,1-4H3. The van der Waals surface area contributed by atoms with Crippen molar-refractivity contribution in [2.45, 2.75) is 63.0 Å². The molecule has 0 heterocycles. The molecular weight excluding hydrogens is 280 g/mol. The zero-order chi connectivity index (χ0) is 15.7. The van der Waals surface area contributed by atoms with Gasteiger partial charge in [0.2, 0.25) is 0 Å². The molecule has 0 aromatic heterocycles. The van der Waals surface area contributed by atoms with Crippen LogP contribution >= 0.6 is 0 Å². The second kappa shape index (κ2) is 9.37. The monoisotopic (exact) mass is 312 g/mol. The molecule has 0 aliphatic rings. The Morgan fingerprint density at radius 2 is 1.95 bits per heavy atom. The lowest BCUT2D eigenvalue weighted by Gasteiger charge is -2.26. The first-order valence-corrected chi connectivity index (χ1v) is 10.5. The predicted octanol–water partition coefficient (Wildman–Crippen LogP) is 4.24. The largest absolute Gasteiger partial charge is 0.381 e. The van der Waals surface area contributed by atoms with Crippen LogP contribution < -0.4 is 0 Å². The molecule has 0 spiro atoms. The third-order valence-electron chi connectivity index (χ3n) is 4.07. The van der Waals surface area contributed by atoms with Gasteiger partial charge in [-0.1, -0.05) is 49.3 Å². The lowest BCUT2D eigenvalue weighted by Crippen LogP contribution is -2.24. The molecule has 0 N–H and O–H groups in total. The lowest BCUT2D eigenvalue weighted by molar-refractivity contribution is 0.132. The van der Waals surface area contributed by atoms with Gasteiger partial charge >= 0.3 is 0 Å². The van der Waals surface area contributed by atoms with Gasteiger partial charge in [0.25, 0.3) is 0 Å². The molecule has 0 aliphatic carbocycles. The number of benzene rings is 1. The summed E-state index contributed by atoms with van der Waals surface area (Å²) in [7, 11) is -2.26. The first kappa shape index (κ1) is 18.4. The van der Waals surface area contributed by atoms with Crippen molar-refractivity contribution >= 4 is 9.93 Å². The van der Waals surface area contributed by atoms with Crippen LogP contribution in [0.2, 0.25) is 0 Å². The molecule has 1 unspecified atom stereocenters. The summed E-state index contributed by atoms with van der Waals surface area (Å²) >= 11 is 0. The fourth-order valence-electron chi connectivity index (χ4n) is 2.53. The van der Waals surface area contributed by atoms with E-state index in [1.165, 1.54) is 5.56 Å². The minimum absolute atomic E-state index is 0.269. The third-order valence-corrected chi connectivity index (χ3v) is 7.32. The summed E-state index contributed by atoms with van der Waals surface area (Å²) < 4.78 is 18.6. The molecule has 0 aliphatic heterocycles. The van der Waals surface area contributed by atoms with E-state index in [4.69, 9.17) is 4.74 Å². The Morgan fingerprint density at radius 1 is 1.19 bits per heavy atom. The van der Waals surface area contributed by atoms with Gasteiger partial charge in [0.1, 0.15) is 0 Å². The van der Waals surface area contributed by atoms with Crippen molar-refractivity contribution in [1.29, 1.82) is 0 Å². The molecule has 0 bridgehead atoms. The molecule has 1 rings (SSSR count). The predicted molar refractivity (Wildman–Crippen MR) is 94.0 cm³/mol. The van der Waals surface area contributed by atoms with Crippen molar-refractivity contribution in [3.63, 3.8) is 0 Å². The molecule has 0 saturated carbocycles. The van der Waals surface area contributed by atoms with Gasteiger partial charge in [-0.15, -0.1) is 0 Å². The van der Waals surface area contributed by atoms with Crippen LogP contribution in [-0.2, 0) is 21.1 Å². The first-order chi connectivity index (χ1) is 10.0. The number of rotatable bonds is 10. The molecule has 1 aromatic rings. The average Bonchev–Trinajstić information content (AvgIpc) is 2.47. The minimum Gasteiger partial charge on any atom is -0.381 e. The molecule has 1 atom stereocenters. The highest BCUT2D eigenvalue weighted by Crippen LogP contribution is 2.25. The van der Waals surface area contributed by atoms with Gasteiger partial charge in [0, 0.05) is 23.4 Å². The molecule has 1 aromatic carbocycles. The second-order valence-corrected chi connectivity index (χ2v) is 9.39. The molecule has 0 fully saturated rings. The molecule has 3 heteroatoms. The van der Waals surface area contributed by atoms with E-state index in [0.29, 0.717) is 0 Å². The van der Waals surface area contributed by atoms with E-state index in [1.54, 1.807) is 0 Å². The van der Waals surface area contributed by atoms with E-state index >= 15 is 0 Å². The number of hydrogen-bond donors (Lipinski definition) is 1. The van der Waals surface area contributed by atoms with Crippen molar-refractivity contribution in [3.8, 4) is 0 Å². The van der Waals surface area contributed by atoms with Crippen molar-refractivity contribution < 1.29 is 8.95 Å². The Kier molecular flexibility index (Phi) is 8.20. The highest BCUT2D eigenvalue weighted by Gasteiger charge is 2.19. The van der Waals surface area contributed by atoms with E-state index in [9.17, 15) is 4.21 Å². The van der Waals surface area contributed by atoms with Crippen molar-refractivity contribution in [3.05, 3.63) is 29.8 Å². The summed E-state index contributed by atoms with van der Waals surface area (Å²) in [6.07, 6.45) is 7.17. The highest BCUT2D eigenvalue weighted by atomic mass is 32.2. The summed E-state index contributed by atoms with van der Waals surface area (Å²) in [6.45, 7) is 8.06.